The van der Waals surface area contributed by atoms with Crippen molar-refractivity contribution in [1.29, 1.82) is 0 Å². The molecular formula is C25H46NNa3O15Si. The second-order valence-corrected chi connectivity index (χ2v) is 10.1. The quantitative estimate of drug-likeness (QED) is 0.0333. The van der Waals surface area contributed by atoms with Crippen LogP contribution in [0, 0.1) is 0 Å². The molecule has 248 valence electrons. The van der Waals surface area contributed by atoms with Crippen LogP contribution in [0.5, 0.6) is 0 Å². The van der Waals surface area contributed by atoms with Crippen molar-refractivity contribution in [2.75, 3.05) is 0 Å². The molecule has 1 amide bonds. The standard InChI is InChI=1S/C18H35NO.C6H8O7.CH2O3.3Na.HO4Si/c1-2-3-4-5-6-7-8-9-10-11-12-13-14-15-16-17-18(19)20;7-3(8)1-6(13,5(11)12)2-4(9)10;2-1(3)4;;;;1-5(2,3)4/h9-10H,2-8,11-17H2,1H3,(H2,19,20);13H,1-2H2,(H,7,8)(H,9,10)(H,11,12);(H2,2,3,4);;;;1H/q;;;3*+1;-3. The molecule has 0 aliphatic heterocycles. The van der Waals surface area contributed by atoms with Gasteiger partial charge in [0.15, 0.2) is 5.60 Å². The molecule has 0 rings (SSSR count). The monoisotopic (exact) mass is 697 g/mol. The Morgan fingerprint density at radius 1 is 0.667 bits per heavy atom. The van der Waals surface area contributed by atoms with Crippen LogP contribution in [0.3, 0.4) is 0 Å². The van der Waals surface area contributed by atoms with Crippen LogP contribution in [-0.4, -0.2) is 80.1 Å². The molecule has 0 aromatic rings. The van der Waals surface area contributed by atoms with Gasteiger partial charge in [-0.1, -0.05) is 70.4 Å². The number of rotatable bonds is 20. The number of amides is 1. The zero-order valence-corrected chi connectivity index (χ0v) is 33.9. The topological polar surface area (TPSA) is 322 Å². The Balaban J connectivity index is -0.0000000994. The zero-order valence-electron chi connectivity index (χ0n) is 26.9. The molecule has 0 aromatic heterocycles. The Morgan fingerprint density at radius 3 is 1.22 bits per heavy atom. The van der Waals surface area contributed by atoms with E-state index >= 15 is 0 Å². The number of hydrogen-bond acceptors (Lipinski definition) is 10. The van der Waals surface area contributed by atoms with Crippen LogP contribution in [0.2, 0.25) is 0 Å². The van der Waals surface area contributed by atoms with Gasteiger partial charge in [0.2, 0.25) is 5.91 Å². The van der Waals surface area contributed by atoms with Crippen LogP contribution in [0.15, 0.2) is 12.2 Å². The van der Waals surface area contributed by atoms with Crippen molar-refractivity contribution in [2.45, 2.75) is 115 Å². The van der Waals surface area contributed by atoms with Gasteiger partial charge in [0.1, 0.15) is 0 Å². The van der Waals surface area contributed by atoms with Gasteiger partial charge < -0.3 is 55.6 Å². The summed E-state index contributed by atoms with van der Waals surface area (Å²) in [6.45, 7) is 2.26. The van der Waals surface area contributed by atoms with Gasteiger partial charge in [-0.25, -0.2) is 9.59 Å². The van der Waals surface area contributed by atoms with Crippen LogP contribution >= 0.6 is 0 Å². The second-order valence-electron chi connectivity index (χ2n) is 9.08. The minimum absolute atomic E-state index is 0. The van der Waals surface area contributed by atoms with Gasteiger partial charge in [-0.2, -0.15) is 0 Å². The molecule has 0 saturated heterocycles. The van der Waals surface area contributed by atoms with E-state index in [1.165, 1.54) is 70.6 Å². The number of carbonyl (C=O) groups is 5. The first-order valence-electron chi connectivity index (χ1n) is 13.4. The summed E-state index contributed by atoms with van der Waals surface area (Å²) in [5.41, 5.74) is 2.36. The smallest absolute Gasteiger partial charge is 0.861 e. The Morgan fingerprint density at radius 2 is 0.956 bits per heavy atom. The van der Waals surface area contributed by atoms with Crippen LogP contribution in [-0.2, 0) is 19.2 Å². The van der Waals surface area contributed by atoms with E-state index in [-0.39, 0.29) is 94.6 Å². The third kappa shape index (κ3) is 71.2. The SMILES string of the molecule is CCCCCCCCC=CCCCCCCCC(N)=O.O=C(O)CC(O)(CC(=O)O)C(=O)O.O=C(O)O.[Na+].[Na+].[Na+].[O-][Si]([O-])([O-])O. The van der Waals surface area contributed by atoms with E-state index < -0.39 is 51.6 Å². The van der Waals surface area contributed by atoms with E-state index in [4.69, 9.17) is 60.4 Å². The number of carbonyl (C=O) groups excluding carboxylic acids is 1. The van der Waals surface area contributed by atoms with Gasteiger partial charge in [-0.05, 0) is 32.1 Å². The Hall–Kier alpha value is -0.0931. The van der Waals surface area contributed by atoms with Crippen molar-refractivity contribution in [3.63, 3.8) is 0 Å². The number of carboxylic acids is 3. The maximum atomic E-state index is 10.5. The number of carboxylic acid groups (broad SMARTS) is 5. The van der Waals surface area contributed by atoms with Crippen molar-refractivity contribution in [2.24, 2.45) is 5.73 Å². The summed E-state index contributed by atoms with van der Waals surface area (Å²) in [6, 6.07) is 0. The molecule has 45 heavy (non-hydrogen) atoms. The van der Waals surface area contributed by atoms with Gasteiger partial charge in [0, 0.05) is 6.42 Å². The van der Waals surface area contributed by atoms with Crippen LogP contribution in [0.1, 0.15) is 110 Å². The summed E-state index contributed by atoms with van der Waals surface area (Å²) in [4.78, 5) is 82.6. The molecule has 0 heterocycles. The Bertz CT molecular complexity index is 759. The predicted molar refractivity (Wildman–Crippen MR) is 144 cm³/mol. The first-order valence-corrected chi connectivity index (χ1v) is 15.0. The molecular weight excluding hydrogens is 651 g/mol. The van der Waals surface area contributed by atoms with Gasteiger partial charge in [-0.15, -0.1) is 9.05 Å². The van der Waals surface area contributed by atoms with Crippen molar-refractivity contribution < 1.29 is 162 Å². The fourth-order valence-corrected chi connectivity index (χ4v) is 3.08. The average molecular weight is 698 g/mol. The summed E-state index contributed by atoms with van der Waals surface area (Å²) in [5.74, 6) is -5.18. The summed E-state index contributed by atoms with van der Waals surface area (Å²) in [5, 5.41) is 47.8. The molecule has 0 bridgehead atoms. The van der Waals surface area contributed by atoms with Gasteiger partial charge >= 0.3 is 113 Å². The average Bonchev–Trinajstić information content (AvgIpc) is 2.79. The third-order valence-corrected chi connectivity index (χ3v) is 4.97. The largest absolute Gasteiger partial charge is 1.00 e. The summed E-state index contributed by atoms with van der Waals surface area (Å²) < 4.78 is 0. The number of primary amides is 1. The van der Waals surface area contributed by atoms with E-state index in [2.05, 4.69) is 19.1 Å². The molecule has 0 saturated carbocycles. The first kappa shape index (κ1) is 60.2. The summed E-state index contributed by atoms with van der Waals surface area (Å²) >= 11 is 0. The number of aliphatic carboxylic acids is 3. The number of unbranched alkanes of at least 4 members (excludes halogenated alkanes) is 11. The van der Waals surface area contributed by atoms with Gasteiger partial charge in [0.25, 0.3) is 0 Å². The molecule has 0 atom stereocenters. The number of aliphatic hydroxyl groups is 1. The second kappa shape index (κ2) is 40.1. The zero-order chi connectivity index (χ0) is 33.6. The number of allylic oxidation sites excluding steroid dienone is 2. The van der Waals surface area contributed by atoms with E-state index in [0.717, 1.165) is 12.8 Å². The summed E-state index contributed by atoms with van der Waals surface area (Å²) in [7, 11) is -5.36. The minimum Gasteiger partial charge on any atom is -0.861 e. The molecule has 0 unspecified atom stereocenters. The molecule has 0 fully saturated rings. The minimum atomic E-state index is -5.36. The van der Waals surface area contributed by atoms with Crippen molar-refractivity contribution in [1.82, 2.24) is 0 Å². The van der Waals surface area contributed by atoms with E-state index in [1.54, 1.807) is 0 Å². The molecule has 9 N–H and O–H groups in total. The van der Waals surface area contributed by atoms with Crippen molar-refractivity contribution in [3.8, 4) is 0 Å². The van der Waals surface area contributed by atoms with E-state index in [9.17, 15) is 19.2 Å². The van der Waals surface area contributed by atoms with Crippen molar-refractivity contribution >= 4 is 39.0 Å². The van der Waals surface area contributed by atoms with Crippen LogP contribution in [0.25, 0.3) is 0 Å². The van der Waals surface area contributed by atoms with Crippen molar-refractivity contribution in [3.05, 3.63) is 12.2 Å². The van der Waals surface area contributed by atoms with Gasteiger partial charge in [0.05, 0.1) is 12.8 Å². The van der Waals surface area contributed by atoms with E-state index in [1.807, 2.05) is 0 Å². The molecule has 16 nitrogen and oxygen atoms in total. The van der Waals surface area contributed by atoms with E-state index in [0.29, 0.717) is 6.42 Å². The Kier molecular flexibility index (Phi) is 53.7. The molecule has 0 radical (unpaired) electrons. The number of nitrogens with two attached hydrogens (primary N) is 1. The molecule has 20 heteroatoms. The predicted octanol–water partition coefficient (Wildman–Crippen LogP) is -9.01. The van der Waals surface area contributed by atoms with Crippen LogP contribution < -0.4 is 109 Å². The molecule has 0 spiro atoms. The van der Waals surface area contributed by atoms with Gasteiger partial charge in [-0.3, -0.25) is 14.4 Å². The fraction of sp³-hybridized carbons (Fsp3) is 0.720. The fourth-order valence-electron chi connectivity index (χ4n) is 3.08. The van der Waals surface area contributed by atoms with Crippen LogP contribution in [0.4, 0.5) is 4.79 Å². The first-order chi connectivity index (χ1) is 19.3. The number of hydrogen-bond donors (Lipinski definition) is 8. The molecule has 0 aromatic carbocycles. The maximum absolute atomic E-state index is 10.5. The maximum Gasteiger partial charge on any atom is 1.00 e. The normalized spacial score (nSPS) is 10.0. The molecule has 0 aliphatic carbocycles. The third-order valence-electron chi connectivity index (χ3n) is 4.97. The Labute approximate surface area is 331 Å². The summed E-state index contributed by atoms with van der Waals surface area (Å²) in [6.07, 6.45) is 17.8. The molecule has 0 aliphatic rings.